The van der Waals surface area contributed by atoms with Gasteiger partial charge in [0.15, 0.2) is 23.1 Å². The van der Waals surface area contributed by atoms with E-state index in [-0.39, 0.29) is 11.7 Å². The van der Waals surface area contributed by atoms with Crippen molar-refractivity contribution in [1.82, 2.24) is 0 Å². The largest absolute Gasteiger partial charge is 0.494 e. The van der Waals surface area contributed by atoms with Crippen LogP contribution in [0.4, 0.5) is 10.1 Å². The van der Waals surface area contributed by atoms with Crippen molar-refractivity contribution in [3.8, 4) is 17.2 Å². The average Bonchev–Trinajstić information content (AvgIpc) is 2.60. The average molecular weight is 329 g/mol. The summed E-state index contributed by atoms with van der Waals surface area (Å²) in [6, 6.07) is 9.64. The number of hydrogen-bond donors (Lipinski definition) is 1. The molecule has 6 heteroatoms. The third kappa shape index (κ3) is 3.65. The molecule has 0 aliphatic carbocycles. The first-order valence-corrected chi connectivity index (χ1v) is 7.38. The van der Waals surface area contributed by atoms with Crippen molar-refractivity contribution in [3.05, 3.63) is 53.9 Å². The van der Waals surface area contributed by atoms with Gasteiger partial charge in [0.05, 0.1) is 7.11 Å². The van der Waals surface area contributed by atoms with Gasteiger partial charge < -0.3 is 19.5 Å². The Morgan fingerprint density at radius 3 is 2.71 bits per heavy atom. The normalized spacial score (nSPS) is 12.9. The molecule has 2 aromatic rings. The topological polar surface area (TPSA) is 56.8 Å². The molecule has 1 aliphatic heterocycles. The molecule has 0 unspecified atom stereocenters. The molecule has 1 N–H and O–H groups in total. The van der Waals surface area contributed by atoms with Crippen LogP contribution in [0.25, 0.3) is 6.08 Å². The summed E-state index contributed by atoms with van der Waals surface area (Å²) >= 11 is 0. The third-order valence-electron chi connectivity index (χ3n) is 3.41. The zero-order chi connectivity index (χ0) is 16.9. The highest BCUT2D eigenvalue weighted by Gasteiger charge is 2.12. The molecule has 124 valence electrons. The number of nitrogens with one attached hydrogen (secondary N) is 1. The molecular weight excluding hydrogens is 313 g/mol. The zero-order valence-corrected chi connectivity index (χ0v) is 13.0. The highest BCUT2D eigenvalue weighted by Crippen LogP contribution is 2.32. The molecule has 1 aliphatic rings. The number of anilines is 1. The van der Waals surface area contributed by atoms with E-state index >= 15 is 0 Å². The molecule has 24 heavy (non-hydrogen) atoms. The van der Waals surface area contributed by atoms with Crippen molar-refractivity contribution in [2.75, 3.05) is 25.6 Å². The first-order chi connectivity index (χ1) is 11.7. The van der Waals surface area contributed by atoms with E-state index in [4.69, 9.17) is 14.2 Å². The Labute approximate surface area is 138 Å². The number of rotatable bonds is 4. The number of carbonyl (C=O) groups is 1. The van der Waals surface area contributed by atoms with E-state index in [1.54, 1.807) is 24.3 Å². The predicted octanol–water partition coefficient (Wildman–Crippen LogP) is 3.26. The molecule has 2 aromatic carbocycles. The van der Waals surface area contributed by atoms with Gasteiger partial charge in [-0.2, -0.15) is 0 Å². The minimum Gasteiger partial charge on any atom is -0.494 e. The SMILES string of the molecule is COc1ccc(/C=C/C(=O)Nc2ccc3c(c2)OCCO3)cc1F. The summed E-state index contributed by atoms with van der Waals surface area (Å²) in [5.41, 5.74) is 1.15. The Morgan fingerprint density at radius 2 is 1.96 bits per heavy atom. The highest BCUT2D eigenvalue weighted by atomic mass is 19.1. The number of hydrogen-bond acceptors (Lipinski definition) is 4. The van der Waals surface area contributed by atoms with Gasteiger partial charge in [0.1, 0.15) is 13.2 Å². The first-order valence-electron chi connectivity index (χ1n) is 7.38. The molecule has 1 heterocycles. The standard InChI is InChI=1S/C18H16FNO4/c1-22-15-5-2-12(10-14(15)19)3-7-18(21)20-13-4-6-16-17(11-13)24-9-8-23-16/h2-7,10-11H,8-9H2,1H3,(H,20,21)/b7-3+. The van der Waals surface area contributed by atoms with Gasteiger partial charge in [0.25, 0.3) is 0 Å². The fourth-order valence-electron chi connectivity index (χ4n) is 2.26. The van der Waals surface area contributed by atoms with E-state index in [0.29, 0.717) is 36.0 Å². The molecule has 1 amide bonds. The molecular formula is C18H16FNO4. The second kappa shape index (κ2) is 7.04. The highest BCUT2D eigenvalue weighted by molar-refractivity contribution is 6.02. The Morgan fingerprint density at radius 1 is 1.17 bits per heavy atom. The van der Waals surface area contributed by atoms with Crippen LogP contribution in [-0.4, -0.2) is 26.2 Å². The summed E-state index contributed by atoms with van der Waals surface area (Å²) in [5, 5.41) is 2.72. The minimum absolute atomic E-state index is 0.160. The number of fused-ring (bicyclic) bond motifs is 1. The summed E-state index contributed by atoms with van der Waals surface area (Å²) in [6.07, 6.45) is 2.86. The summed E-state index contributed by atoms with van der Waals surface area (Å²) in [6.45, 7) is 0.993. The van der Waals surface area contributed by atoms with Gasteiger partial charge in [-0.3, -0.25) is 4.79 Å². The van der Waals surface area contributed by atoms with Crippen LogP contribution in [0.15, 0.2) is 42.5 Å². The number of halogens is 1. The molecule has 5 nitrogen and oxygen atoms in total. The molecule has 3 rings (SSSR count). The van der Waals surface area contributed by atoms with Gasteiger partial charge in [0.2, 0.25) is 5.91 Å². The molecule has 0 radical (unpaired) electrons. The summed E-state index contributed by atoms with van der Waals surface area (Å²) < 4.78 is 29.3. The van der Waals surface area contributed by atoms with Crippen LogP contribution >= 0.6 is 0 Å². The van der Waals surface area contributed by atoms with Crippen molar-refractivity contribution >= 4 is 17.7 Å². The number of benzene rings is 2. The summed E-state index contributed by atoms with van der Waals surface area (Å²) in [4.78, 5) is 12.0. The molecule has 0 saturated heterocycles. The lowest BCUT2D eigenvalue weighted by molar-refractivity contribution is -0.111. The van der Waals surface area contributed by atoms with Crippen LogP contribution in [0.1, 0.15) is 5.56 Å². The maximum absolute atomic E-state index is 13.6. The van der Waals surface area contributed by atoms with E-state index in [9.17, 15) is 9.18 Å². The molecule has 0 spiro atoms. The summed E-state index contributed by atoms with van der Waals surface area (Å²) in [5.74, 6) is 0.603. The molecule has 0 fully saturated rings. The molecule has 0 bridgehead atoms. The van der Waals surface area contributed by atoms with Gasteiger partial charge in [0, 0.05) is 17.8 Å². The summed E-state index contributed by atoms with van der Waals surface area (Å²) in [7, 11) is 1.40. The van der Waals surface area contributed by atoms with E-state index in [1.807, 2.05) is 0 Å². The van der Waals surface area contributed by atoms with E-state index in [2.05, 4.69) is 5.32 Å². The van der Waals surface area contributed by atoms with Crippen LogP contribution in [0.3, 0.4) is 0 Å². The number of carbonyl (C=O) groups excluding carboxylic acids is 1. The lowest BCUT2D eigenvalue weighted by Crippen LogP contribution is -2.16. The van der Waals surface area contributed by atoms with Crippen molar-refractivity contribution in [2.45, 2.75) is 0 Å². The Kier molecular flexibility index (Phi) is 4.65. The third-order valence-corrected chi connectivity index (χ3v) is 3.41. The Bertz CT molecular complexity index is 789. The molecule has 0 saturated carbocycles. The van der Waals surface area contributed by atoms with Crippen molar-refractivity contribution in [2.24, 2.45) is 0 Å². The van der Waals surface area contributed by atoms with Crippen LogP contribution < -0.4 is 19.5 Å². The fraction of sp³-hybridized carbons (Fsp3) is 0.167. The lowest BCUT2D eigenvalue weighted by Gasteiger charge is -2.18. The van der Waals surface area contributed by atoms with Crippen LogP contribution in [0, 0.1) is 5.82 Å². The van der Waals surface area contributed by atoms with Crippen molar-refractivity contribution in [1.29, 1.82) is 0 Å². The monoisotopic (exact) mass is 329 g/mol. The zero-order valence-electron chi connectivity index (χ0n) is 13.0. The Balaban J connectivity index is 1.66. The number of ether oxygens (including phenoxy) is 3. The quantitative estimate of drug-likeness (QED) is 0.875. The van der Waals surface area contributed by atoms with Gasteiger partial charge >= 0.3 is 0 Å². The maximum atomic E-state index is 13.6. The van der Waals surface area contributed by atoms with Gasteiger partial charge in [-0.05, 0) is 35.9 Å². The molecule has 0 aromatic heterocycles. The number of methoxy groups -OCH3 is 1. The van der Waals surface area contributed by atoms with E-state index in [1.165, 1.54) is 31.4 Å². The smallest absolute Gasteiger partial charge is 0.248 e. The predicted molar refractivity (Wildman–Crippen MR) is 88.0 cm³/mol. The Hall–Kier alpha value is -3.02. The van der Waals surface area contributed by atoms with Gasteiger partial charge in [-0.25, -0.2) is 4.39 Å². The minimum atomic E-state index is -0.480. The van der Waals surface area contributed by atoms with Gasteiger partial charge in [-0.1, -0.05) is 6.07 Å². The van der Waals surface area contributed by atoms with Crippen molar-refractivity contribution in [3.63, 3.8) is 0 Å². The lowest BCUT2D eigenvalue weighted by atomic mass is 10.2. The number of amides is 1. The van der Waals surface area contributed by atoms with E-state index in [0.717, 1.165) is 0 Å². The van der Waals surface area contributed by atoms with Crippen LogP contribution in [0.2, 0.25) is 0 Å². The first kappa shape index (κ1) is 15.9. The fourth-order valence-corrected chi connectivity index (χ4v) is 2.26. The van der Waals surface area contributed by atoms with Crippen LogP contribution in [0.5, 0.6) is 17.2 Å². The molecule has 0 atom stereocenters. The second-order valence-corrected chi connectivity index (χ2v) is 5.08. The van der Waals surface area contributed by atoms with Crippen LogP contribution in [-0.2, 0) is 4.79 Å². The maximum Gasteiger partial charge on any atom is 0.248 e. The van der Waals surface area contributed by atoms with Crippen molar-refractivity contribution < 1.29 is 23.4 Å². The second-order valence-electron chi connectivity index (χ2n) is 5.08. The van der Waals surface area contributed by atoms with E-state index < -0.39 is 5.82 Å². The van der Waals surface area contributed by atoms with Gasteiger partial charge in [-0.15, -0.1) is 0 Å².